The molecule has 0 radical (unpaired) electrons. The van der Waals surface area contributed by atoms with Gasteiger partial charge in [0, 0.05) is 12.6 Å². The molecule has 104 valence electrons. The SMILES string of the molecule is CCC(CC)C(O)CNCc1ncnn1C(C)C. The highest BCUT2D eigenvalue weighted by Gasteiger charge is 2.15. The molecule has 0 aliphatic rings. The second kappa shape index (κ2) is 7.48. The third-order valence-corrected chi connectivity index (χ3v) is 3.37. The maximum atomic E-state index is 10.0. The molecule has 2 N–H and O–H groups in total. The van der Waals surface area contributed by atoms with Gasteiger partial charge in [0.25, 0.3) is 0 Å². The van der Waals surface area contributed by atoms with E-state index in [1.807, 2.05) is 4.68 Å². The summed E-state index contributed by atoms with van der Waals surface area (Å²) in [6.07, 6.45) is 3.33. The molecule has 5 heteroatoms. The van der Waals surface area contributed by atoms with Crippen LogP contribution in [0.4, 0.5) is 0 Å². The summed E-state index contributed by atoms with van der Waals surface area (Å²) < 4.78 is 1.90. The number of nitrogens with zero attached hydrogens (tertiary/aromatic N) is 3. The van der Waals surface area contributed by atoms with E-state index in [9.17, 15) is 5.11 Å². The summed E-state index contributed by atoms with van der Waals surface area (Å²) in [5.41, 5.74) is 0. The molecule has 18 heavy (non-hydrogen) atoms. The van der Waals surface area contributed by atoms with Crippen LogP contribution in [0.5, 0.6) is 0 Å². The first-order valence-corrected chi connectivity index (χ1v) is 6.87. The molecule has 0 aliphatic carbocycles. The van der Waals surface area contributed by atoms with Crippen molar-refractivity contribution in [2.45, 2.75) is 59.2 Å². The van der Waals surface area contributed by atoms with Crippen molar-refractivity contribution in [2.24, 2.45) is 5.92 Å². The summed E-state index contributed by atoms with van der Waals surface area (Å²) in [5.74, 6) is 1.29. The predicted molar refractivity (Wildman–Crippen MR) is 72.2 cm³/mol. The maximum absolute atomic E-state index is 10.0. The van der Waals surface area contributed by atoms with E-state index in [1.54, 1.807) is 6.33 Å². The first-order valence-electron chi connectivity index (χ1n) is 6.87. The Morgan fingerprint density at radius 3 is 2.56 bits per heavy atom. The molecule has 0 saturated heterocycles. The molecule has 5 nitrogen and oxygen atoms in total. The van der Waals surface area contributed by atoms with Gasteiger partial charge in [0.05, 0.1) is 12.6 Å². The van der Waals surface area contributed by atoms with E-state index in [2.05, 4.69) is 43.1 Å². The van der Waals surface area contributed by atoms with Crippen molar-refractivity contribution in [3.63, 3.8) is 0 Å². The summed E-state index contributed by atoms with van der Waals surface area (Å²) >= 11 is 0. The molecule has 0 spiro atoms. The number of aliphatic hydroxyl groups excluding tert-OH is 1. The van der Waals surface area contributed by atoms with Gasteiger partial charge in [-0.05, 0) is 19.8 Å². The normalized spacial score (nSPS) is 13.5. The highest BCUT2D eigenvalue weighted by atomic mass is 16.3. The minimum absolute atomic E-state index is 0.282. The Balaban J connectivity index is 2.39. The van der Waals surface area contributed by atoms with Crippen LogP contribution in [0.1, 0.15) is 52.4 Å². The van der Waals surface area contributed by atoms with E-state index < -0.39 is 0 Å². The van der Waals surface area contributed by atoms with Crippen LogP contribution in [-0.4, -0.2) is 32.5 Å². The van der Waals surface area contributed by atoms with E-state index in [1.165, 1.54) is 0 Å². The van der Waals surface area contributed by atoms with Gasteiger partial charge in [-0.2, -0.15) is 5.10 Å². The number of aliphatic hydroxyl groups is 1. The van der Waals surface area contributed by atoms with E-state index >= 15 is 0 Å². The van der Waals surface area contributed by atoms with E-state index in [0.29, 0.717) is 25.0 Å². The second-order valence-electron chi connectivity index (χ2n) is 4.99. The fourth-order valence-electron chi connectivity index (χ4n) is 2.16. The van der Waals surface area contributed by atoms with Gasteiger partial charge in [0.2, 0.25) is 0 Å². The van der Waals surface area contributed by atoms with Crippen molar-refractivity contribution < 1.29 is 5.11 Å². The number of nitrogens with one attached hydrogen (secondary N) is 1. The molecule has 1 unspecified atom stereocenters. The van der Waals surface area contributed by atoms with Gasteiger partial charge >= 0.3 is 0 Å². The van der Waals surface area contributed by atoms with Gasteiger partial charge in [-0.15, -0.1) is 0 Å². The third kappa shape index (κ3) is 4.07. The Morgan fingerprint density at radius 1 is 1.33 bits per heavy atom. The number of hydrogen-bond acceptors (Lipinski definition) is 4. The molecular formula is C13H26N4O. The molecule has 0 aliphatic heterocycles. The minimum atomic E-state index is -0.282. The highest BCUT2D eigenvalue weighted by molar-refractivity contribution is 4.86. The Labute approximate surface area is 110 Å². The van der Waals surface area contributed by atoms with E-state index in [-0.39, 0.29) is 6.10 Å². The molecule has 0 amide bonds. The molecule has 1 rings (SSSR count). The first-order chi connectivity index (χ1) is 8.60. The van der Waals surface area contributed by atoms with Gasteiger partial charge in [-0.1, -0.05) is 26.7 Å². The second-order valence-corrected chi connectivity index (χ2v) is 4.99. The van der Waals surface area contributed by atoms with Gasteiger partial charge < -0.3 is 10.4 Å². The van der Waals surface area contributed by atoms with Crippen LogP contribution in [0.2, 0.25) is 0 Å². The average molecular weight is 254 g/mol. The maximum Gasteiger partial charge on any atom is 0.141 e. The molecule has 1 heterocycles. The molecule has 1 aromatic rings. The van der Waals surface area contributed by atoms with Crippen LogP contribution >= 0.6 is 0 Å². The molecule has 1 aromatic heterocycles. The standard InChI is InChI=1S/C13H26N4O/c1-5-11(6-2)12(18)7-14-8-13-15-9-16-17(13)10(3)4/h9-12,14,18H,5-8H2,1-4H3. The molecule has 0 saturated carbocycles. The molecule has 0 bridgehead atoms. The van der Waals surface area contributed by atoms with Crippen LogP contribution < -0.4 is 5.32 Å². The quantitative estimate of drug-likeness (QED) is 0.742. The Morgan fingerprint density at radius 2 is 2.00 bits per heavy atom. The summed E-state index contributed by atoms with van der Waals surface area (Å²) in [6.45, 7) is 9.65. The molecule has 1 atom stereocenters. The number of aromatic nitrogens is 3. The number of rotatable bonds is 8. The van der Waals surface area contributed by atoms with Crippen LogP contribution in [0, 0.1) is 5.92 Å². The van der Waals surface area contributed by atoms with Crippen LogP contribution in [-0.2, 0) is 6.54 Å². The average Bonchev–Trinajstić information content (AvgIpc) is 2.79. The first kappa shape index (κ1) is 15.1. The predicted octanol–water partition coefficient (Wildman–Crippen LogP) is 1.75. The smallest absolute Gasteiger partial charge is 0.141 e. The number of hydrogen-bond donors (Lipinski definition) is 2. The molecule has 0 aromatic carbocycles. The lowest BCUT2D eigenvalue weighted by atomic mass is 9.97. The lowest BCUT2D eigenvalue weighted by Crippen LogP contribution is -2.33. The van der Waals surface area contributed by atoms with E-state index in [0.717, 1.165) is 18.7 Å². The summed E-state index contributed by atoms with van der Waals surface area (Å²) in [4.78, 5) is 4.23. The van der Waals surface area contributed by atoms with Crippen molar-refractivity contribution in [3.05, 3.63) is 12.2 Å². The van der Waals surface area contributed by atoms with E-state index in [4.69, 9.17) is 0 Å². The lowest BCUT2D eigenvalue weighted by molar-refractivity contribution is 0.101. The van der Waals surface area contributed by atoms with Gasteiger partial charge in [-0.3, -0.25) is 0 Å². The fourth-order valence-corrected chi connectivity index (χ4v) is 2.16. The topological polar surface area (TPSA) is 63.0 Å². The third-order valence-electron chi connectivity index (χ3n) is 3.37. The largest absolute Gasteiger partial charge is 0.392 e. The van der Waals surface area contributed by atoms with Crippen molar-refractivity contribution in [1.82, 2.24) is 20.1 Å². The monoisotopic (exact) mass is 254 g/mol. The van der Waals surface area contributed by atoms with Gasteiger partial charge in [-0.25, -0.2) is 9.67 Å². The van der Waals surface area contributed by atoms with Crippen LogP contribution in [0.25, 0.3) is 0 Å². The highest BCUT2D eigenvalue weighted by Crippen LogP contribution is 2.12. The zero-order chi connectivity index (χ0) is 13.5. The minimum Gasteiger partial charge on any atom is -0.392 e. The summed E-state index contributed by atoms with van der Waals surface area (Å²) in [6, 6.07) is 0.313. The molecular weight excluding hydrogens is 228 g/mol. The van der Waals surface area contributed by atoms with Gasteiger partial charge in [0.15, 0.2) is 0 Å². The summed E-state index contributed by atoms with van der Waals surface area (Å²) in [5, 5.41) is 17.5. The molecule has 0 fully saturated rings. The zero-order valence-corrected chi connectivity index (χ0v) is 11.9. The van der Waals surface area contributed by atoms with Crippen molar-refractivity contribution in [1.29, 1.82) is 0 Å². The summed E-state index contributed by atoms with van der Waals surface area (Å²) in [7, 11) is 0. The lowest BCUT2D eigenvalue weighted by Gasteiger charge is -2.20. The van der Waals surface area contributed by atoms with Crippen LogP contribution in [0.15, 0.2) is 6.33 Å². The van der Waals surface area contributed by atoms with Crippen molar-refractivity contribution >= 4 is 0 Å². The Bertz CT molecular complexity index is 333. The van der Waals surface area contributed by atoms with Crippen LogP contribution in [0.3, 0.4) is 0 Å². The zero-order valence-electron chi connectivity index (χ0n) is 11.9. The Hall–Kier alpha value is -0.940. The fraction of sp³-hybridized carbons (Fsp3) is 0.846. The Kier molecular flexibility index (Phi) is 6.29. The van der Waals surface area contributed by atoms with Crippen molar-refractivity contribution in [2.75, 3.05) is 6.54 Å². The van der Waals surface area contributed by atoms with Gasteiger partial charge in [0.1, 0.15) is 12.2 Å². The van der Waals surface area contributed by atoms with Crippen molar-refractivity contribution in [3.8, 4) is 0 Å².